The number of benzene rings is 2. The summed E-state index contributed by atoms with van der Waals surface area (Å²) in [4.78, 5) is 17.7. The monoisotopic (exact) mass is 411 g/mol. The van der Waals surface area contributed by atoms with Gasteiger partial charge in [0.1, 0.15) is 5.75 Å². The second-order valence-corrected chi connectivity index (χ2v) is 8.21. The zero-order chi connectivity index (χ0) is 19.7. The molecule has 28 heavy (non-hydrogen) atoms. The molecular formula is C21H18ClN3O2S. The number of fused-ring (bicyclic) bond motifs is 1. The highest BCUT2D eigenvalue weighted by molar-refractivity contribution is 7.15. The predicted molar refractivity (Wildman–Crippen MR) is 113 cm³/mol. The van der Waals surface area contributed by atoms with Crippen molar-refractivity contribution in [3.05, 3.63) is 74.0 Å². The Balaban J connectivity index is 1.65. The molecule has 0 aliphatic rings. The Bertz CT molecular complexity index is 1230. The molecule has 2 aromatic heterocycles. The highest BCUT2D eigenvalue weighted by Gasteiger charge is 2.12. The summed E-state index contributed by atoms with van der Waals surface area (Å²) in [6.07, 6.45) is 1.77. The topological polar surface area (TPSA) is 56.5 Å². The van der Waals surface area contributed by atoms with E-state index in [0.717, 1.165) is 16.9 Å². The number of thiazole rings is 1. The highest BCUT2D eigenvalue weighted by atomic mass is 35.5. The van der Waals surface area contributed by atoms with Gasteiger partial charge in [-0.2, -0.15) is 9.50 Å². The summed E-state index contributed by atoms with van der Waals surface area (Å²) in [5.74, 6) is 1.79. The molecule has 142 valence electrons. The lowest BCUT2D eigenvalue weighted by Crippen LogP contribution is -2.23. The second kappa shape index (κ2) is 7.73. The van der Waals surface area contributed by atoms with E-state index in [1.54, 1.807) is 12.1 Å². The molecule has 2 aromatic carbocycles. The Kier molecular flexibility index (Phi) is 5.15. The highest BCUT2D eigenvalue weighted by Crippen LogP contribution is 2.21. The van der Waals surface area contributed by atoms with Crippen LogP contribution in [0.4, 0.5) is 0 Å². The second-order valence-electron chi connectivity index (χ2n) is 6.80. The number of halogens is 1. The average Bonchev–Trinajstić information content (AvgIpc) is 3.22. The van der Waals surface area contributed by atoms with Gasteiger partial charge in [0.05, 0.1) is 11.1 Å². The number of nitrogens with zero attached hydrogens (tertiary/aromatic N) is 3. The van der Waals surface area contributed by atoms with Crippen molar-refractivity contribution in [2.24, 2.45) is 5.92 Å². The van der Waals surface area contributed by atoms with E-state index in [2.05, 4.69) is 23.9 Å². The van der Waals surface area contributed by atoms with E-state index in [0.29, 0.717) is 32.9 Å². The molecule has 0 saturated heterocycles. The maximum absolute atomic E-state index is 12.7. The minimum Gasteiger partial charge on any atom is -0.493 e. The number of aromatic nitrogens is 3. The molecule has 0 aliphatic carbocycles. The normalized spacial score (nSPS) is 12.2. The number of rotatable bonds is 5. The molecule has 0 spiro atoms. The minimum atomic E-state index is -0.199. The van der Waals surface area contributed by atoms with Gasteiger partial charge in [0.25, 0.3) is 5.56 Å². The van der Waals surface area contributed by atoms with Gasteiger partial charge in [-0.3, -0.25) is 4.79 Å². The largest absolute Gasteiger partial charge is 0.493 e. The van der Waals surface area contributed by atoms with Gasteiger partial charge in [-0.25, -0.2) is 0 Å². The van der Waals surface area contributed by atoms with Crippen LogP contribution in [0, 0.1) is 5.92 Å². The zero-order valence-corrected chi connectivity index (χ0v) is 17.0. The molecule has 5 nitrogen and oxygen atoms in total. The van der Waals surface area contributed by atoms with Crippen molar-refractivity contribution in [1.82, 2.24) is 14.6 Å². The van der Waals surface area contributed by atoms with Crippen molar-refractivity contribution >= 4 is 34.0 Å². The SMILES string of the molecule is CC(C)COc1ccc(-c2nc3s/c(=C/c4ccccc4Cl)c(=O)n3n2)cc1. The van der Waals surface area contributed by atoms with Crippen LogP contribution in [-0.4, -0.2) is 21.2 Å². The summed E-state index contributed by atoms with van der Waals surface area (Å²) < 4.78 is 7.58. The van der Waals surface area contributed by atoms with Crippen LogP contribution in [0.25, 0.3) is 22.4 Å². The molecule has 2 heterocycles. The zero-order valence-electron chi connectivity index (χ0n) is 15.4. The van der Waals surface area contributed by atoms with E-state index in [4.69, 9.17) is 16.3 Å². The third kappa shape index (κ3) is 3.79. The lowest BCUT2D eigenvalue weighted by molar-refractivity contribution is 0.271. The molecule has 0 N–H and O–H groups in total. The number of hydrogen-bond donors (Lipinski definition) is 0. The van der Waals surface area contributed by atoms with Crippen LogP contribution >= 0.6 is 22.9 Å². The molecule has 4 aromatic rings. The van der Waals surface area contributed by atoms with Crippen molar-refractivity contribution in [1.29, 1.82) is 0 Å². The van der Waals surface area contributed by atoms with Gasteiger partial charge in [-0.1, -0.05) is 55.0 Å². The fourth-order valence-corrected chi connectivity index (χ4v) is 3.74. The summed E-state index contributed by atoms with van der Waals surface area (Å²) in [6.45, 7) is 4.88. The molecule has 0 atom stereocenters. The molecule has 0 radical (unpaired) electrons. The van der Waals surface area contributed by atoms with E-state index in [-0.39, 0.29) is 5.56 Å². The Labute approximate surface area is 170 Å². The Morgan fingerprint density at radius 1 is 1.18 bits per heavy atom. The van der Waals surface area contributed by atoms with E-state index in [1.165, 1.54) is 15.9 Å². The molecular weight excluding hydrogens is 394 g/mol. The lowest BCUT2D eigenvalue weighted by atomic mass is 10.2. The van der Waals surface area contributed by atoms with Crippen molar-refractivity contribution in [2.45, 2.75) is 13.8 Å². The molecule has 4 rings (SSSR count). The quantitative estimate of drug-likeness (QED) is 0.497. The maximum Gasteiger partial charge on any atom is 0.291 e. The van der Waals surface area contributed by atoms with Crippen LogP contribution in [0.1, 0.15) is 19.4 Å². The van der Waals surface area contributed by atoms with Crippen LogP contribution < -0.4 is 14.8 Å². The summed E-state index contributed by atoms with van der Waals surface area (Å²) in [5.41, 5.74) is 1.43. The lowest BCUT2D eigenvalue weighted by Gasteiger charge is -2.08. The molecule has 0 aliphatic heterocycles. The fourth-order valence-electron chi connectivity index (χ4n) is 2.65. The van der Waals surface area contributed by atoms with Gasteiger partial charge in [0.2, 0.25) is 4.96 Å². The maximum atomic E-state index is 12.7. The third-order valence-electron chi connectivity index (χ3n) is 4.07. The van der Waals surface area contributed by atoms with Crippen molar-refractivity contribution in [2.75, 3.05) is 6.61 Å². The van der Waals surface area contributed by atoms with E-state index < -0.39 is 0 Å². The minimum absolute atomic E-state index is 0.199. The first-order valence-electron chi connectivity index (χ1n) is 8.90. The van der Waals surface area contributed by atoms with Gasteiger partial charge >= 0.3 is 0 Å². The van der Waals surface area contributed by atoms with Gasteiger partial charge in [-0.05, 0) is 47.9 Å². The van der Waals surface area contributed by atoms with Gasteiger partial charge in [-0.15, -0.1) is 5.10 Å². The Morgan fingerprint density at radius 2 is 1.93 bits per heavy atom. The number of hydrogen-bond acceptors (Lipinski definition) is 5. The molecule has 7 heteroatoms. The average molecular weight is 412 g/mol. The van der Waals surface area contributed by atoms with Crippen LogP contribution in [0.15, 0.2) is 53.3 Å². The van der Waals surface area contributed by atoms with Crippen LogP contribution in [0.3, 0.4) is 0 Å². The molecule has 0 saturated carbocycles. The summed E-state index contributed by atoms with van der Waals surface area (Å²) in [7, 11) is 0. The number of ether oxygens (including phenoxy) is 1. The summed E-state index contributed by atoms with van der Waals surface area (Å²) >= 11 is 7.48. The fraction of sp³-hybridized carbons (Fsp3) is 0.190. The van der Waals surface area contributed by atoms with E-state index >= 15 is 0 Å². The summed E-state index contributed by atoms with van der Waals surface area (Å²) in [6, 6.07) is 15.0. The first-order valence-corrected chi connectivity index (χ1v) is 10.1. The Morgan fingerprint density at radius 3 is 2.61 bits per heavy atom. The molecule has 0 unspecified atom stereocenters. The van der Waals surface area contributed by atoms with E-state index in [1.807, 2.05) is 42.5 Å². The third-order valence-corrected chi connectivity index (χ3v) is 5.37. The Hall–Kier alpha value is -2.70. The van der Waals surface area contributed by atoms with Crippen molar-refractivity contribution in [3.8, 4) is 17.1 Å². The first-order chi connectivity index (χ1) is 13.5. The summed E-state index contributed by atoms with van der Waals surface area (Å²) in [5, 5.41) is 4.98. The van der Waals surface area contributed by atoms with Gasteiger partial charge in [0.15, 0.2) is 5.82 Å². The van der Waals surface area contributed by atoms with Gasteiger partial charge < -0.3 is 4.74 Å². The van der Waals surface area contributed by atoms with Gasteiger partial charge in [0, 0.05) is 10.6 Å². The van der Waals surface area contributed by atoms with E-state index in [9.17, 15) is 4.79 Å². The molecule has 0 fully saturated rings. The van der Waals surface area contributed by atoms with Crippen LogP contribution in [-0.2, 0) is 0 Å². The van der Waals surface area contributed by atoms with Crippen molar-refractivity contribution < 1.29 is 4.74 Å². The standard InChI is InChI=1S/C21H18ClN3O2S/c1-13(2)12-27-16-9-7-14(8-10-16)19-23-21-25(24-19)20(26)18(28-21)11-15-5-3-4-6-17(15)22/h3-11,13H,12H2,1-2H3/b18-11+. The van der Waals surface area contributed by atoms with Crippen molar-refractivity contribution in [3.63, 3.8) is 0 Å². The first kappa shape index (κ1) is 18.7. The molecule has 0 amide bonds. The smallest absolute Gasteiger partial charge is 0.291 e. The molecule has 0 bridgehead atoms. The van der Waals surface area contributed by atoms with Crippen LogP contribution in [0.2, 0.25) is 5.02 Å². The predicted octanol–water partition coefficient (Wildman–Crippen LogP) is 4.05. The van der Waals surface area contributed by atoms with Crippen LogP contribution in [0.5, 0.6) is 5.75 Å².